The minimum atomic E-state index is 0.754. The van der Waals surface area contributed by atoms with Gasteiger partial charge in [-0.15, -0.1) is 0 Å². The van der Waals surface area contributed by atoms with Crippen LogP contribution in [0.25, 0.3) is 11.0 Å². The van der Waals surface area contributed by atoms with Crippen molar-refractivity contribution in [1.82, 2.24) is 20.2 Å². The van der Waals surface area contributed by atoms with Gasteiger partial charge >= 0.3 is 0 Å². The van der Waals surface area contributed by atoms with Crippen LogP contribution < -0.4 is 15.5 Å². The van der Waals surface area contributed by atoms with Crippen molar-refractivity contribution in [2.75, 3.05) is 32.6 Å². The molecule has 1 heterocycles. The van der Waals surface area contributed by atoms with Crippen LogP contribution in [-0.4, -0.2) is 43.2 Å². The fourth-order valence-corrected chi connectivity index (χ4v) is 3.48. The number of anilines is 1. The Balaban J connectivity index is 1.49. The number of aliphatic imine (C=N–C) groups is 1. The minimum Gasteiger partial charge on any atom is -0.378 e. The smallest absolute Gasteiger partial charge is 0.191 e. The number of para-hydroxylation sites is 2. The molecule has 3 aromatic rings. The standard InChI is InChI=1S/C23H32N6/c1-17-15-20(28(4)5)12-11-19(17)16-26-23(24-3)25-13-8-14-29-18(2)27-21-9-6-7-10-22(21)29/h6-7,9-12,15H,8,13-14,16H2,1-5H3,(H2,24,25,26). The number of hydrogen-bond donors (Lipinski definition) is 2. The minimum absolute atomic E-state index is 0.754. The van der Waals surface area contributed by atoms with Gasteiger partial charge in [-0.3, -0.25) is 4.99 Å². The number of rotatable bonds is 7. The molecule has 0 aliphatic heterocycles. The van der Waals surface area contributed by atoms with E-state index in [1.54, 1.807) is 0 Å². The average molecular weight is 393 g/mol. The number of guanidine groups is 1. The Kier molecular flexibility index (Phi) is 6.75. The number of hydrogen-bond acceptors (Lipinski definition) is 3. The van der Waals surface area contributed by atoms with Gasteiger partial charge in [0.2, 0.25) is 0 Å². The van der Waals surface area contributed by atoms with Crippen LogP contribution in [0.4, 0.5) is 5.69 Å². The van der Waals surface area contributed by atoms with Crippen LogP contribution in [0.5, 0.6) is 0 Å². The van der Waals surface area contributed by atoms with E-state index < -0.39 is 0 Å². The van der Waals surface area contributed by atoms with E-state index in [0.29, 0.717) is 0 Å². The molecule has 0 saturated carbocycles. The fourth-order valence-electron chi connectivity index (χ4n) is 3.48. The molecule has 6 nitrogen and oxygen atoms in total. The second-order valence-corrected chi connectivity index (χ2v) is 7.51. The van der Waals surface area contributed by atoms with E-state index in [2.05, 4.69) is 94.4 Å². The maximum atomic E-state index is 4.63. The Morgan fingerprint density at radius 1 is 1.10 bits per heavy atom. The zero-order chi connectivity index (χ0) is 20.8. The predicted molar refractivity (Wildman–Crippen MR) is 123 cm³/mol. The van der Waals surface area contributed by atoms with E-state index in [1.807, 2.05) is 13.1 Å². The number of nitrogens with zero attached hydrogens (tertiary/aromatic N) is 4. The van der Waals surface area contributed by atoms with E-state index >= 15 is 0 Å². The van der Waals surface area contributed by atoms with Crippen molar-refractivity contribution in [2.24, 2.45) is 4.99 Å². The van der Waals surface area contributed by atoms with Crippen molar-refractivity contribution < 1.29 is 0 Å². The zero-order valence-electron chi connectivity index (χ0n) is 18.2. The maximum Gasteiger partial charge on any atom is 0.191 e. The number of aryl methyl sites for hydroxylation is 3. The molecule has 2 aromatic carbocycles. The largest absolute Gasteiger partial charge is 0.378 e. The monoisotopic (exact) mass is 392 g/mol. The third-order valence-corrected chi connectivity index (χ3v) is 5.21. The highest BCUT2D eigenvalue weighted by Crippen LogP contribution is 2.17. The maximum absolute atomic E-state index is 4.63. The highest BCUT2D eigenvalue weighted by molar-refractivity contribution is 5.79. The van der Waals surface area contributed by atoms with E-state index in [9.17, 15) is 0 Å². The summed E-state index contributed by atoms with van der Waals surface area (Å²) < 4.78 is 2.28. The third-order valence-electron chi connectivity index (χ3n) is 5.21. The van der Waals surface area contributed by atoms with Crippen LogP contribution in [0.1, 0.15) is 23.4 Å². The Labute approximate surface area is 173 Å². The quantitative estimate of drug-likeness (QED) is 0.367. The first-order valence-electron chi connectivity index (χ1n) is 10.1. The van der Waals surface area contributed by atoms with Crippen LogP contribution in [0.3, 0.4) is 0 Å². The molecule has 0 bridgehead atoms. The van der Waals surface area contributed by atoms with Crippen molar-refractivity contribution >= 4 is 22.7 Å². The van der Waals surface area contributed by atoms with Gasteiger partial charge in [-0.2, -0.15) is 0 Å². The molecule has 29 heavy (non-hydrogen) atoms. The molecule has 2 N–H and O–H groups in total. The lowest BCUT2D eigenvalue weighted by Gasteiger charge is -2.17. The lowest BCUT2D eigenvalue weighted by molar-refractivity contribution is 0.624. The predicted octanol–water partition coefficient (Wildman–Crippen LogP) is 3.47. The number of benzene rings is 2. The van der Waals surface area contributed by atoms with Gasteiger partial charge in [0.1, 0.15) is 5.82 Å². The summed E-state index contributed by atoms with van der Waals surface area (Å²) in [5.41, 5.74) is 6.03. The van der Waals surface area contributed by atoms with E-state index in [-0.39, 0.29) is 0 Å². The second kappa shape index (κ2) is 9.45. The van der Waals surface area contributed by atoms with Gasteiger partial charge in [0.25, 0.3) is 0 Å². The summed E-state index contributed by atoms with van der Waals surface area (Å²) in [4.78, 5) is 11.1. The molecule has 0 aliphatic rings. The zero-order valence-corrected chi connectivity index (χ0v) is 18.2. The SMILES string of the molecule is CN=C(NCCCn1c(C)nc2ccccc21)NCc1ccc(N(C)C)cc1C. The summed E-state index contributed by atoms with van der Waals surface area (Å²) in [5, 5.41) is 6.83. The Hall–Kier alpha value is -3.02. The van der Waals surface area contributed by atoms with Crippen LogP contribution in [0.15, 0.2) is 47.5 Å². The van der Waals surface area contributed by atoms with E-state index in [4.69, 9.17) is 0 Å². The molecule has 0 amide bonds. The van der Waals surface area contributed by atoms with Crippen LogP contribution in [0, 0.1) is 13.8 Å². The highest BCUT2D eigenvalue weighted by atomic mass is 15.2. The van der Waals surface area contributed by atoms with Crippen LogP contribution in [0.2, 0.25) is 0 Å². The number of aromatic nitrogens is 2. The van der Waals surface area contributed by atoms with Crippen molar-refractivity contribution in [2.45, 2.75) is 33.4 Å². The van der Waals surface area contributed by atoms with E-state index in [1.165, 1.54) is 22.3 Å². The summed E-state index contributed by atoms with van der Waals surface area (Å²) in [5.74, 6) is 1.89. The average Bonchev–Trinajstić information content (AvgIpc) is 3.03. The molecule has 0 fully saturated rings. The molecule has 0 radical (unpaired) electrons. The molecule has 0 spiro atoms. The molecular weight excluding hydrogens is 360 g/mol. The molecule has 0 aliphatic carbocycles. The summed E-state index contributed by atoms with van der Waals surface area (Å²) >= 11 is 0. The summed E-state index contributed by atoms with van der Waals surface area (Å²) in [6.07, 6.45) is 0.998. The van der Waals surface area contributed by atoms with Crippen molar-refractivity contribution in [3.63, 3.8) is 0 Å². The first kappa shape index (κ1) is 20.7. The topological polar surface area (TPSA) is 57.5 Å². The Morgan fingerprint density at radius 2 is 1.90 bits per heavy atom. The van der Waals surface area contributed by atoms with Gasteiger partial charge in [-0.25, -0.2) is 4.98 Å². The van der Waals surface area contributed by atoms with Crippen LogP contribution in [-0.2, 0) is 13.1 Å². The highest BCUT2D eigenvalue weighted by Gasteiger charge is 2.07. The molecule has 6 heteroatoms. The second-order valence-electron chi connectivity index (χ2n) is 7.51. The van der Waals surface area contributed by atoms with Crippen molar-refractivity contribution in [3.05, 3.63) is 59.4 Å². The molecule has 0 unspecified atom stereocenters. The van der Waals surface area contributed by atoms with Gasteiger partial charge in [-0.1, -0.05) is 18.2 Å². The molecule has 0 atom stereocenters. The van der Waals surface area contributed by atoms with Gasteiger partial charge < -0.3 is 20.1 Å². The number of nitrogens with one attached hydrogen (secondary N) is 2. The third kappa shape index (κ3) is 5.08. The molecule has 154 valence electrons. The first-order chi connectivity index (χ1) is 14.0. The van der Waals surface area contributed by atoms with Crippen molar-refractivity contribution in [3.8, 4) is 0 Å². The number of fused-ring (bicyclic) bond motifs is 1. The molecule has 3 rings (SSSR count). The lowest BCUT2D eigenvalue weighted by atomic mass is 10.1. The fraction of sp³-hybridized carbons (Fsp3) is 0.391. The number of imidazole rings is 1. The normalized spacial score (nSPS) is 11.7. The van der Waals surface area contributed by atoms with Gasteiger partial charge in [0.15, 0.2) is 5.96 Å². The summed E-state index contributed by atoms with van der Waals surface area (Å²) in [6, 6.07) is 14.8. The van der Waals surface area contributed by atoms with Gasteiger partial charge in [0, 0.05) is 46.5 Å². The summed E-state index contributed by atoms with van der Waals surface area (Å²) in [7, 11) is 5.93. The Morgan fingerprint density at radius 3 is 2.62 bits per heavy atom. The Bertz CT molecular complexity index is 986. The molecule has 0 saturated heterocycles. The lowest BCUT2D eigenvalue weighted by Crippen LogP contribution is -2.37. The van der Waals surface area contributed by atoms with Crippen LogP contribution >= 0.6 is 0 Å². The molecule has 1 aromatic heterocycles. The van der Waals surface area contributed by atoms with Crippen molar-refractivity contribution in [1.29, 1.82) is 0 Å². The van der Waals surface area contributed by atoms with Gasteiger partial charge in [0.05, 0.1) is 11.0 Å². The summed E-state index contributed by atoms with van der Waals surface area (Å²) in [6.45, 7) is 6.76. The first-order valence-corrected chi connectivity index (χ1v) is 10.1. The molecular formula is C23H32N6. The van der Waals surface area contributed by atoms with Gasteiger partial charge in [-0.05, 0) is 55.7 Å². The van der Waals surface area contributed by atoms with E-state index in [0.717, 1.165) is 43.4 Å².